The van der Waals surface area contributed by atoms with E-state index in [1.54, 1.807) is 31.3 Å². The summed E-state index contributed by atoms with van der Waals surface area (Å²) in [6.45, 7) is 0.0405. The Labute approximate surface area is 159 Å². The number of anilines is 1. The maximum Gasteiger partial charge on any atom is 0.243 e. The minimum absolute atomic E-state index is 0. The fraction of sp³-hybridized carbons (Fsp3) is 0.556. The van der Waals surface area contributed by atoms with Crippen molar-refractivity contribution >= 4 is 41.5 Å². The van der Waals surface area contributed by atoms with Gasteiger partial charge in [0.15, 0.2) is 0 Å². The molecule has 138 valence electrons. The molecule has 1 aliphatic heterocycles. The average molecular weight is 386 g/mol. The molecule has 0 radical (unpaired) electrons. The van der Waals surface area contributed by atoms with Crippen molar-refractivity contribution in [1.82, 2.24) is 10.2 Å². The predicted molar refractivity (Wildman–Crippen MR) is 102 cm³/mol. The van der Waals surface area contributed by atoms with E-state index in [2.05, 4.69) is 10.6 Å². The van der Waals surface area contributed by atoms with Crippen LogP contribution < -0.4 is 10.6 Å². The van der Waals surface area contributed by atoms with Crippen molar-refractivity contribution in [3.05, 3.63) is 29.3 Å². The first kappa shape index (κ1) is 20.0. The smallest absolute Gasteiger partial charge is 0.243 e. The minimum atomic E-state index is -0.219. The zero-order chi connectivity index (χ0) is 17.1. The molecule has 1 saturated carbocycles. The molecule has 2 amide bonds. The summed E-state index contributed by atoms with van der Waals surface area (Å²) < 4.78 is 0. The Morgan fingerprint density at radius 1 is 1.32 bits per heavy atom. The van der Waals surface area contributed by atoms with Gasteiger partial charge in [-0.15, -0.1) is 12.4 Å². The van der Waals surface area contributed by atoms with Crippen LogP contribution in [0.1, 0.15) is 32.1 Å². The lowest BCUT2D eigenvalue weighted by molar-refractivity contribution is -0.134. The number of benzene rings is 1. The zero-order valence-corrected chi connectivity index (χ0v) is 15.9. The molecule has 2 N–H and O–H groups in total. The standard InChI is InChI=1S/C18H24ClN3O2.ClH/c1-22(11-17(23)20-14-7-4-6-13(19)10-14)18(24)16-9-12-5-2-3-8-15(12)21-16;/h4,6-7,10,12,15-16,21H,2-3,5,8-9,11H2,1H3,(H,20,23);1H. The third-order valence-corrected chi connectivity index (χ3v) is 5.26. The number of hydrogen-bond donors (Lipinski definition) is 2. The summed E-state index contributed by atoms with van der Waals surface area (Å²) in [7, 11) is 1.68. The SMILES string of the molecule is CN(CC(=O)Nc1cccc(Cl)c1)C(=O)C1CC2CCCCC2N1.Cl. The van der Waals surface area contributed by atoms with Crippen molar-refractivity contribution in [1.29, 1.82) is 0 Å². The zero-order valence-electron chi connectivity index (χ0n) is 14.3. The number of hydrogen-bond acceptors (Lipinski definition) is 3. The quantitative estimate of drug-likeness (QED) is 0.836. The van der Waals surface area contributed by atoms with Gasteiger partial charge in [-0.2, -0.15) is 0 Å². The number of carbonyl (C=O) groups excluding carboxylic acids is 2. The molecule has 5 nitrogen and oxygen atoms in total. The molecule has 1 aromatic carbocycles. The van der Waals surface area contributed by atoms with E-state index in [9.17, 15) is 9.59 Å². The number of nitrogens with zero attached hydrogens (tertiary/aromatic N) is 1. The average Bonchev–Trinajstić information content (AvgIpc) is 2.97. The number of likely N-dealkylation sites (N-methyl/N-ethyl adjacent to an activating group) is 1. The van der Waals surface area contributed by atoms with E-state index < -0.39 is 0 Å². The summed E-state index contributed by atoms with van der Waals surface area (Å²) in [4.78, 5) is 26.2. The Bertz CT molecular complexity index is 612. The molecule has 2 fully saturated rings. The van der Waals surface area contributed by atoms with Crippen LogP contribution in [0.5, 0.6) is 0 Å². The van der Waals surface area contributed by atoms with Crippen LogP contribution in [0.3, 0.4) is 0 Å². The lowest BCUT2D eigenvalue weighted by Gasteiger charge is -2.24. The predicted octanol–water partition coefficient (Wildman–Crippen LogP) is 3.08. The normalized spacial score (nSPS) is 24.8. The second kappa shape index (κ2) is 8.88. The summed E-state index contributed by atoms with van der Waals surface area (Å²) in [5, 5.41) is 6.80. The number of nitrogens with one attached hydrogen (secondary N) is 2. The van der Waals surface area contributed by atoms with Crippen LogP contribution in [0.15, 0.2) is 24.3 Å². The molecule has 1 aromatic rings. The van der Waals surface area contributed by atoms with E-state index in [4.69, 9.17) is 11.6 Å². The fourth-order valence-corrected chi connectivity index (χ4v) is 4.03. The summed E-state index contributed by atoms with van der Waals surface area (Å²) in [5.41, 5.74) is 0.637. The highest BCUT2D eigenvalue weighted by Crippen LogP contribution is 2.33. The van der Waals surface area contributed by atoms with Gasteiger partial charge < -0.3 is 15.5 Å². The molecular weight excluding hydrogens is 361 g/mol. The Hall–Kier alpha value is -1.30. The number of fused-ring (bicyclic) bond motifs is 1. The third-order valence-electron chi connectivity index (χ3n) is 5.03. The number of carbonyl (C=O) groups is 2. The van der Waals surface area contributed by atoms with Gasteiger partial charge in [-0.1, -0.05) is 30.5 Å². The molecule has 25 heavy (non-hydrogen) atoms. The first-order valence-electron chi connectivity index (χ1n) is 8.59. The number of halogens is 2. The first-order valence-corrected chi connectivity index (χ1v) is 8.97. The van der Waals surface area contributed by atoms with Crippen molar-refractivity contribution in [3.63, 3.8) is 0 Å². The Kier molecular flexibility index (Phi) is 7.11. The van der Waals surface area contributed by atoms with Crippen molar-refractivity contribution in [2.45, 2.75) is 44.2 Å². The largest absolute Gasteiger partial charge is 0.335 e. The van der Waals surface area contributed by atoms with Crippen molar-refractivity contribution in [2.75, 3.05) is 18.9 Å². The summed E-state index contributed by atoms with van der Waals surface area (Å²) >= 11 is 5.91. The molecule has 1 saturated heterocycles. The molecule has 3 atom stereocenters. The number of amides is 2. The lowest BCUT2D eigenvalue weighted by atomic mass is 9.85. The van der Waals surface area contributed by atoms with E-state index in [1.807, 2.05) is 0 Å². The Morgan fingerprint density at radius 3 is 2.80 bits per heavy atom. The molecule has 3 unspecified atom stereocenters. The first-order chi connectivity index (χ1) is 11.5. The second-order valence-corrected chi connectivity index (χ2v) is 7.30. The minimum Gasteiger partial charge on any atom is -0.335 e. The maximum absolute atomic E-state index is 12.6. The van der Waals surface area contributed by atoms with Gasteiger partial charge in [0.05, 0.1) is 12.6 Å². The van der Waals surface area contributed by atoms with E-state index in [0.717, 1.165) is 12.8 Å². The van der Waals surface area contributed by atoms with Gasteiger partial charge in [-0.3, -0.25) is 9.59 Å². The molecule has 1 aliphatic carbocycles. The third kappa shape index (κ3) is 5.09. The van der Waals surface area contributed by atoms with Gasteiger partial charge in [0.25, 0.3) is 0 Å². The van der Waals surface area contributed by atoms with Crippen molar-refractivity contribution in [3.8, 4) is 0 Å². The van der Waals surface area contributed by atoms with E-state index in [1.165, 1.54) is 24.2 Å². The van der Waals surface area contributed by atoms with E-state index >= 15 is 0 Å². The van der Waals surface area contributed by atoms with Gasteiger partial charge in [0.1, 0.15) is 0 Å². The lowest BCUT2D eigenvalue weighted by Crippen LogP contribution is -2.46. The number of rotatable bonds is 4. The Balaban J connectivity index is 0.00000225. The van der Waals surface area contributed by atoms with Crippen LogP contribution in [0, 0.1) is 5.92 Å². The van der Waals surface area contributed by atoms with Crippen LogP contribution in [0.25, 0.3) is 0 Å². The van der Waals surface area contributed by atoms with Gasteiger partial charge in [0, 0.05) is 23.8 Å². The van der Waals surface area contributed by atoms with E-state index in [-0.39, 0.29) is 36.8 Å². The van der Waals surface area contributed by atoms with Gasteiger partial charge in [0.2, 0.25) is 11.8 Å². The summed E-state index contributed by atoms with van der Waals surface area (Å²) in [6, 6.07) is 7.30. The molecule has 2 aliphatic rings. The van der Waals surface area contributed by atoms with Gasteiger partial charge in [-0.25, -0.2) is 0 Å². The molecular formula is C18H25Cl2N3O2. The van der Waals surface area contributed by atoms with Crippen LogP contribution in [0.2, 0.25) is 5.02 Å². The van der Waals surface area contributed by atoms with Crippen molar-refractivity contribution < 1.29 is 9.59 Å². The van der Waals surface area contributed by atoms with Crippen LogP contribution in [-0.4, -0.2) is 42.4 Å². The van der Waals surface area contributed by atoms with Gasteiger partial charge in [-0.05, 0) is 43.4 Å². The topological polar surface area (TPSA) is 61.4 Å². The molecule has 0 spiro atoms. The van der Waals surface area contributed by atoms with Crippen LogP contribution in [0.4, 0.5) is 5.69 Å². The highest BCUT2D eigenvalue weighted by molar-refractivity contribution is 6.30. The monoisotopic (exact) mass is 385 g/mol. The Morgan fingerprint density at radius 2 is 2.08 bits per heavy atom. The highest BCUT2D eigenvalue weighted by atomic mass is 35.5. The maximum atomic E-state index is 12.6. The highest BCUT2D eigenvalue weighted by Gasteiger charge is 2.39. The second-order valence-electron chi connectivity index (χ2n) is 6.86. The fourth-order valence-electron chi connectivity index (χ4n) is 3.84. The molecule has 7 heteroatoms. The van der Waals surface area contributed by atoms with Crippen molar-refractivity contribution in [2.24, 2.45) is 5.92 Å². The molecule has 0 bridgehead atoms. The molecule has 0 aromatic heterocycles. The van der Waals surface area contributed by atoms with Crippen LogP contribution >= 0.6 is 24.0 Å². The summed E-state index contributed by atoms with van der Waals surface area (Å²) in [6.07, 6.45) is 5.77. The van der Waals surface area contributed by atoms with Gasteiger partial charge >= 0.3 is 0 Å². The van der Waals surface area contributed by atoms with Crippen LogP contribution in [-0.2, 0) is 9.59 Å². The summed E-state index contributed by atoms with van der Waals surface area (Å²) in [5.74, 6) is 0.399. The molecule has 1 heterocycles. The molecule has 3 rings (SSSR count). The van der Waals surface area contributed by atoms with E-state index in [0.29, 0.717) is 22.7 Å².